The van der Waals surface area contributed by atoms with Crippen LogP contribution in [0.2, 0.25) is 5.02 Å². The zero-order valence-corrected chi connectivity index (χ0v) is 13.1. The maximum atomic E-state index is 12.3. The van der Waals surface area contributed by atoms with Crippen LogP contribution < -0.4 is 4.90 Å². The number of benzene rings is 1. The molecule has 1 aliphatic heterocycles. The number of carbonyl (C=O) groups is 1. The van der Waals surface area contributed by atoms with Crippen LogP contribution in [-0.2, 0) is 4.79 Å². The van der Waals surface area contributed by atoms with E-state index in [0.29, 0.717) is 9.76 Å². The summed E-state index contributed by atoms with van der Waals surface area (Å²) < 4.78 is 0.633. The first-order valence-corrected chi connectivity index (χ1v) is 8.09. The molecule has 0 N–H and O–H groups in total. The Morgan fingerprint density at radius 1 is 1.44 bits per heavy atom. The van der Waals surface area contributed by atoms with E-state index in [9.17, 15) is 4.79 Å². The molecule has 1 amide bonds. The monoisotopic (exact) mass is 347 g/mol. The van der Waals surface area contributed by atoms with Crippen molar-refractivity contribution in [2.24, 2.45) is 4.99 Å². The molecule has 1 aromatic rings. The zero-order chi connectivity index (χ0) is 13.1. The number of thioether (sulfide) groups is 1. The van der Waals surface area contributed by atoms with E-state index in [0.717, 1.165) is 17.9 Å². The van der Waals surface area contributed by atoms with Crippen molar-refractivity contribution in [1.82, 2.24) is 0 Å². The van der Waals surface area contributed by atoms with Gasteiger partial charge in [-0.1, -0.05) is 0 Å². The third kappa shape index (κ3) is 2.91. The standard InChI is InChI=1S/C12H12ClN2OSSe/c1-17-7-6-10-11(16)15(12(18)14-10)9-4-2-8(13)3-5-9/h2-5,10H,6-7H2,1H3/t10-/m0/s1. The van der Waals surface area contributed by atoms with Crippen molar-refractivity contribution in [1.29, 1.82) is 0 Å². The summed E-state index contributed by atoms with van der Waals surface area (Å²) in [6.07, 6.45) is 2.80. The molecule has 0 aromatic heterocycles. The van der Waals surface area contributed by atoms with E-state index in [2.05, 4.69) is 21.0 Å². The molecule has 0 unspecified atom stereocenters. The normalized spacial score (nSPS) is 19.2. The van der Waals surface area contributed by atoms with Gasteiger partial charge in [0.2, 0.25) is 0 Å². The molecule has 0 spiro atoms. The van der Waals surface area contributed by atoms with E-state index in [1.54, 1.807) is 28.8 Å². The summed E-state index contributed by atoms with van der Waals surface area (Å²) in [5, 5.41) is 0.655. The van der Waals surface area contributed by atoms with Gasteiger partial charge in [-0.2, -0.15) is 0 Å². The van der Waals surface area contributed by atoms with Crippen LogP contribution >= 0.6 is 23.4 Å². The minimum absolute atomic E-state index is 0.0279. The van der Waals surface area contributed by atoms with Crippen molar-refractivity contribution < 1.29 is 4.79 Å². The first kappa shape index (κ1) is 13.9. The molecule has 0 fully saturated rings. The third-order valence-corrected chi connectivity index (χ3v) is 4.14. The third-order valence-electron chi connectivity index (χ3n) is 2.64. The van der Waals surface area contributed by atoms with Gasteiger partial charge in [-0.25, -0.2) is 0 Å². The van der Waals surface area contributed by atoms with Gasteiger partial charge in [-0.15, -0.1) is 0 Å². The molecule has 18 heavy (non-hydrogen) atoms. The van der Waals surface area contributed by atoms with E-state index in [1.807, 2.05) is 18.4 Å². The number of hydrogen-bond acceptors (Lipinski definition) is 3. The molecule has 1 aliphatic rings. The van der Waals surface area contributed by atoms with Gasteiger partial charge in [-0.05, 0) is 0 Å². The van der Waals surface area contributed by atoms with Gasteiger partial charge in [-0.3, -0.25) is 0 Å². The Morgan fingerprint density at radius 3 is 2.72 bits per heavy atom. The van der Waals surface area contributed by atoms with Crippen LogP contribution in [0.5, 0.6) is 0 Å². The second kappa shape index (κ2) is 6.11. The molecular weight excluding hydrogens is 335 g/mol. The van der Waals surface area contributed by atoms with Gasteiger partial charge in [0.05, 0.1) is 0 Å². The Hall–Kier alpha value is -0.481. The van der Waals surface area contributed by atoms with Gasteiger partial charge in [0.15, 0.2) is 0 Å². The number of carbonyl (C=O) groups excluding carboxylic acids is 1. The Morgan fingerprint density at radius 2 is 2.11 bits per heavy atom. The summed E-state index contributed by atoms with van der Waals surface area (Å²) in [4.78, 5) is 18.2. The molecule has 0 bridgehead atoms. The second-order valence-electron chi connectivity index (χ2n) is 3.86. The van der Waals surface area contributed by atoms with Crippen molar-refractivity contribution in [2.75, 3.05) is 16.9 Å². The minimum atomic E-state index is -0.260. The molecule has 1 radical (unpaired) electrons. The van der Waals surface area contributed by atoms with Crippen molar-refractivity contribution in [3.05, 3.63) is 29.3 Å². The van der Waals surface area contributed by atoms with Crippen LogP contribution in [0.15, 0.2) is 29.3 Å². The zero-order valence-electron chi connectivity index (χ0n) is 9.80. The van der Waals surface area contributed by atoms with Crippen molar-refractivity contribution in [3.8, 4) is 0 Å². The quantitative estimate of drug-likeness (QED) is 0.784. The molecule has 95 valence electrons. The number of anilines is 1. The summed E-state index contributed by atoms with van der Waals surface area (Å²) in [7, 11) is 0. The number of amidine groups is 1. The van der Waals surface area contributed by atoms with E-state index in [-0.39, 0.29) is 11.9 Å². The van der Waals surface area contributed by atoms with E-state index < -0.39 is 0 Å². The Kier molecular flexibility index (Phi) is 4.73. The number of amides is 1. The second-order valence-corrected chi connectivity index (χ2v) is 6.05. The Balaban J connectivity index is 2.18. The van der Waals surface area contributed by atoms with Crippen LogP contribution in [0.4, 0.5) is 5.69 Å². The fourth-order valence-electron chi connectivity index (χ4n) is 1.73. The molecule has 6 heteroatoms. The van der Waals surface area contributed by atoms with Crippen LogP contribution in [-0.4, -0.2) is 44.7 Å². The van der Waals surface area contributed by atoms with Gasteiger partial charge in [0.25, 0.3) is 0 Å². The fraction of sp³-hybridized carbons (Fsp3) is 0.333. The topological polar surface area (TPSA) is 32.7 Å². The van der Waals surface area contributed by atoms with E-state index in [1.165, 1.54) is 0 Å². The van der Waals surface area contributed by atoms with E-state index >= 15 is 0 Å². The summed E-state index contributed by atoms with van der Waals surface area (Å²) in [5.74, 6) is 0.960. The SMILES string of the molecule is CSCC[C@@H]1N=C([Se])N(c2ccc(Cl)cc2)C1=O. The van der Waals surface area contributed by atoms with Crippen molar-refractivity contribution in [3.63, 3.8) is 0 Å². The summed E-state index contributed by atoms with van der Waals surface area (Å²) >= 11 is 10.4. The molecule has 3 nitrogen and oxygen atoms in total. The van der Waals surface area contributed by atoms with Crippen LogP contribution in [0.25, 0.3) is 0 Å². The van der Waals surface area contributed by atoms with Crippen molar-refractivity contribution >= 4 is 55.7 Å². The molecule has 2 rings (SSSR count). The maximum absolute atomic E-state index is 12.3. The average Bonchev–Trinajstić information content (AvgIpc) is 2.63. The van der Waals surface area contributed by atoms with E-state index in [4.69, 9.17) is 11.6 Å². The van der Waals surface area contributed by atoms with Gasteiger partial charge in [0, 0.05) is 0 Å². The van der Waals surface area contributed by atoms with Crippen LogP contribution in [0, 0.1) is 0 Å². The van der Waals surface area contributed by atoms with Crippen LogP contribution in [0.1, 0.15) is 6.42 Å². The fourth-order valence-corrected chi connectivity index (χ4v) is 3.00. The van der Waals surface area contributed by atoms with Gasteiger partial charge < -0.3 is 0 Å². The van der Waals surface area contributed by atoms with Gasteiger partial charge in [0.1, 0.15) is 0 Å². The average molecular weight is 347 g/mol. The predicted octanol–water partition coefficient (Wildman–Crippen LogP) is 2.33. The molecule has 1 heterocycles. The molecule has 0 aliphatic carbocycles. The first-order valence-electron chi connectivity index (χ1n) is 5.47. The van der Waals surface area contributed by atoms with Crippen molar-refractivity contribution in [2.45, 2.75) is 12.5 Å². The predicted molar refractivity (Wildman–Crippen MR) is 78.9 cm³/mol. The molecule has 1 aromatic carbocycles. The first-order chi connectivity index (χ1) is 8.63. The number of aliphatic imine (C=N–C) groups is 1. The molecule has 0 saturated carbocycles. The summed E-state index contributed by atoms with van der Waals surface area (Å²) in [5.41, 5.74) is 0.800. The number of nitrogens with zero attached hydrogens (tertiary/aromatic N) is 2. The Bertz CT molecular complexity index is 477. The number of hydrogen-bond donors (Lipinski definition) is 0. The summed E-state index contributed by atoms with van der Waals surface area (Å²) in [6, 6.07) is 6.93. The number of halogens is 1. The summed E-state index contributed by atoms with van der Waals surface area (Å²) in [6.45, 7) is 0. The van der Waals surface area contributed by atoms with Crippen LogP contribution in [0.3, 0.4) is 0 Å². The number of rotatable bonds is 4. The molecule has 0 saturated heterocycles. The van der Waals surface area contributed by atoms with Gasteiger partial charge >= 0.3 is 124 Å². The Labute approximate surface area is 124 Å². The molecule has 1 atom stereocenters. The molecular formula is C12H12ClN2OSSe.